The van der Waals surface area contributed by atoms with Gasteiger partial charge >= 0.3 is 0 Å². The molecule has 11 nitrogen and oxygen atoms in total. The molecule has 41 heavy (non-hydrogen) atoms. The number of hydrogen-bond acceptors (Lipinski definition) is 8. The Morgan fingerprint density at radius 3 is 3.02 bits per heavy atom. The highest BCUT2D eigenvalue weighted by Crippen LogP contribution is 2.41. The van der Waals surface area contributed by atoms with Crippen molar-refractivity contribution < 1.29 is 18.7 Å². The Hall–Kier alpha value is -3.71. The van der Waals surface area contributed by atoms with Crippen molar-refractivity contribution in [3.8, 4) is 5.69 Å². The maximum atomic E-state index is 14.8. The standard InChI is InChI=1S/C28H28BrFN8O3/c1-28(26(40)36-7-8-37-19(13-36)14-41-15-22(37)39)5-4-17(11-28)33-27-32-12-20-24(29)35-38(25(20)34-27)18-9-16-3-2-6-31-23(16)21(30)10-18/h2-3,6,9-10,12,17,19H,4-5,7-8,11,13-15H2,1H3,(H,32,33,34)/t17-,19?,28-/m1/s1. The third kappa shape index (κ3) is 4.60. The SMILES string of the molecule is C[C@@]1(C(=O)N2CCN3C(=O)COCC3C2)CC[C@@H](Nc2ncc3c(Br)nn(-c4cc(F)c5ncccc5c4)c3n2)C1. The highest BCUT2D eigenvalue weighted by Gasteiger charge is 2.46. The number of ether oxygens (including phenoxy) is 1. The zero-order valence-corrected chi connectivity index (χ0v) is 24.0. The number of fused-ring (bicyclic) bond motifs is 3. The largest absolute Gasteiger partial charge is 0.369 e. The van der Waals surface area contributed by atoms with Gasteiger partial charge in [0.05, 0.1) is 23.7 Å². The number of pyridine rings is 1. The van der Waals surface area contributed by atoms with E-state index in [0.717, 1.165) is 12.8 Å². The minimum Gasteiger partial charge on any atom is -0.369 e. The van der Waals surface area contributed by atoms with Crippen LogP contribution in [0.25, 0.3) is 27.6 Å². The van der Waals surface area contributed by atoms with Gasteiger partial charge in [-0.3, -0.25) is 14.6 Å². The summed E-state index contributed by atoms with van der Waals surface area (Å²) >= 11 is 3.48. The summed E-state index contributed by atoms with van der Waals surface area (Å²) in [6, 6.07) is 6.71. The molecule has 7 rings (SSSR count). The van der Waals surface area contributed by atoms with Crippen molar-refractivity contribution in [1.29, 1.82) is 0 Å². The zero-order valence-electron chi connectivity index (χ0n) is 22.4. The van der Waals surface area contributed by atoms with E-state index in [2.05, 4.69) is 36.3 Å². The molecule has 2 aliphatic heterocycles. The number of nitrogens with one attached hydrogen (secondary N) is 1. The number of aromatic nitrogens is 5. The van der Waals surface area contributed by atoms with Crippen molar-refractivity contribution in [3.05, 3.63) is 47.1 Å². The molecule has 1 saturated carbocycles. The molecule has 3 aromatic heterocycles. The molecule has 2 saturated heterocycles. The molecule has 0 bridgehead atoms. The van der Waals surface area contributed by atoms with Crippen LogP contribution >= 0.6 is 15.9 Å². The van der Waals surface area contributed by atoms with Crippen molar-refractivity contribution in [2.24, 2.45) is 5.41 Å². The number of carbonyl (C=O) groups is 2. The molecule has 2 amide bonds. The summed E-state index contributed by atoms with van der Waals surface area (Å²) in [4.78, 5) is 42.9. The van der Waals surface area contributed by atoms with Gasteiger partial charge in [0.1, 0.15) is 16.7 Å². The molecule has 3 aliphatic rings. The molecular weight excluding hydrogens is 595 g/mol. The summed E-state index contributed by atoms with van der Waals surface area (Å²) in [5.41, 5.74) is 0.818. The Balaban J connectivity index is 1.09. The van der Waals surface area contributed by atoms with E-state index in [9.17, 15) is 14.0 Å². The summed E-state index contributed by atoms with van der Waals surface area (Å²) in [5.74, 6) is 0.0925. The number of morpholine rings is 1. The van der Waals surface area contributed by atoms with E-state index >= 15 is 0 Å². The van der Waals surface area contributed by atoms with Gasteiger partial charge in [-0.1, -0.05) is 13.0 Å². The maximum Gasteiger partial charge on any atom is 0.249 e. The molecule has 4 aromatic rings. The summed E-state index contributed by atoms with van der Waals surface area (Å²) in [6.07, 6.45) is 5.41. The molecular formula is C28H28BrFN8O3. The van der Waals surface area contributed by atoms with Crippen LogP contribution in [0.2, 0.25) is 0 Å². The van der Waals surface area contributed by atoms with Crippen LogP contribution < -0.4 is 5.32 Å². The fourth-order valence-corrected chi connectivity index (χ4v) is 6.81. The van der Waals surface area contributed by atoms with E-state index in [1.807, 2.05) is 22.8 Å². The van der Waals surface area contributed by atoms with E-state index in [4.69, 9.17) is 9.72 Å². The van der Waals surface area contributed by atoms with Crippen LogP contribution in [0.4, 0.5) is 10.3 Å². The summed E-state index contributed by atoms with van der Waals surface area (Å²) in [6.45, 7) is 4.20. The summed E-state index contributed by atoms with van der Waals surface area (Å²) in [5, 5.41) is 9.32. The second-order valence-corrected chi connectivity index (χ2v) is 12.0. The maximum absolute atomic E-state index is 14.8. The van der Waals surface area contributed by atoms with Crippen molar-refractivity contribution >= 4 is 55.6 Å². The van der Waals surface area contributed by atoms with E-state index in [-0.39, 0.29) is 30.5 Å². The molecule has 0 spiro atoms. The Bertz CT molecular complexity index is 1700. The van der Waals surface area contributed by atoms with Crippen molar-refractivity contribution in [3.63, 3.8) is 0 Å². The lowest BCUT2D eigenvalue weighted by Crippen LogP contribution is -2.62. The first-order chi connectivity index (χ1) is 19.8. The topological polar surface area (TPSA) is 118 Å². The smallest absolute Gasteiger partial charge is 0.249 e. The van der Waals surface area contributed by atoms with Gasteiger partial charge in [0, 0.05) is 54.9 Å². The van der Waals surface area contributed by atoms with Gasteiger partial charge in [-0.2, -0.15) is 10.1 Å². The van der Waals surface area contributed by atoms with Gasteiger partial charge < -0.3 is 19.9 Å². The monoisotopic (exact) mass is 622 g/mol. The zero-order chi connectivity index (χ0) is 28.3. The fraction of sp³-hybridized carbons (Fsp3) is 0.429. The second-order valence-electron chi connectivity index (χ2n) is 11.3. The van der Waals surface area contributed by atoms with Gasteiger partial charge in [-0.25, -0.2) is 14.1 Å². The number of hydrogen-bond donors (Lipinski definition) is 1. The number of rotatable bonds is 4. The number of benzene rings is 1. The van der Waals surface area contributed by atoms with Gasteiger partial charge in [0.2, 0.25) is 17.8 Å². The highest BCUT2D eigenvalue weighted by molar-refractivity contribution is 9.10. The van der Waals surface area contributed by atoms with Crippen LogP contribution in [0.1, 0.15) is 26.2 Å². The predicted octanol–water partition coefficient (Wildman–Crippen LogP) is 3.31. The molecule has 0 radical (unpaired) electrons. The lowest BCUT2D eigenvalue weighted by molar-refractivity contribution is -0.159. The molecule has 1 N–H and O–H groups in total. The third-order valence-electron chi connectivity index (χ3n) is 8.48. The Labute approximate surface area is 243 Å². The minimum atomic E-state index is -0.523. The predicted molar refractivity (Wildman–Crippen MR) is 152 cm³/mol. The van der Waals surface area contributed by atoms with E-state index in [0.29, 0.717) is 70.8 Å². The quantitative estimate of drug-likeness (QED) is 0.368. The molecule has 3 atom stereocenters. The molecule has 1 aliphatic carbocycles. The molecule has 3 fully saturated rings. The first-order valence-corrected chi connectivity index (χ1v) is 14.5. The lowest BCUT2D eigenvalue weighted by atomic mass is 9.86. The first-order valence-electron chi connectivity index (χ1n) is 13.7. The van der Waals surface area contributed by atoms with Crippen molar-refractivity contribution in [1.82, 2.24) is 34.5 Å². The summed E-state index contributed by atoms with van der Waals surface area (Å²) < 4.78 is 22.4. The van der Waals surface area contributed by atoms with Crippen molar-refractivity contribution in [2.75, 3.05) is 38.2 Å². The lowest BCUT2D eigenvalue weighted by Gasteiger charge is -2.45. The van der Waals surface area contributed by atoms with Crippen LogP contribution in [0.15, 0.2) is 41.3 Å². The number of anilines is 1. The van der Waals surface area contributed by atoms with Gasteiger partial charge in [0.15, 0.2) is 11.5 Å². The van der Waals surface area contributed by atoms with Gasteiger partial charge in [-0.15, -0.1) is 0 Å². The molecule has 212 valence electrons. The van der Waals surface area contributed by atoms with E-state index in [1.54, 1.807) is 29.2 Å². The number of piperazine rings is 1. The summed E-state index contributed by atoms with van der Waals surface area (Å²) in [7, 11) is 0. The fourth-order valence-electron chi connectivity index (χ4n) is 6.37. The highest BCUT2D eigenvalue weighted by atomic mass is 79.9. The van der Waals surface area contributed by atoms with Crippen LogP contribution in [0.5, 0.6) is 0 Å². The third-order valence-corrected chi connectivity index (χ3v) is 9.07. The number of nitrogens with zero attached hydrogens (tertiary/aromatic N) is 7. The van der Waals surface area contributed by atoms with Crippen LogP contribution in [-0.2, 0) is 14.3 Å². The molecule has 1 unspecified atom stereocenters. The van der Waals surface area contributed by atoms with Crippen LogP contribution in [0.3, 0.4) is 0 Å². The molecule has 13 heteroatoms. The van der Waals surface area contributed by atoms with E-state index < -0.39 is 11.2 Å². The first kappa shape index (κ1) is 26.2. The Morgan fingerprint density at radius 2 is 2.15 bits per heavy atom. The Kier molecular flexibility index (Phi) is 6.38. The van der Waals surface area contributed by atoms with Crippen molar-refractivity contribution in [2.45, 2.75) is 38.3 Å². The average molecular weight is 623 g/mol. The molecule has 1 aromatic carbocycles. The number of amides is 2. The molecule has 5 heterocycles. The normalized spacial score (nSPS) is 24.7. The average Bonchev–Trinajstić information content (AvgIpc) is 3.52. The minimum absolute atomic E-state index is 0.00205. The van der Waals surface area contributed by atoms with Gasteiger partial charge in [0.25, 0.3) is 0 Å². The number of carbonyl (C=O) groups excluding carboxylic acids is 2. The van der Waals surface area contributed by atoms with Crippen LogP contribution in [0, 0.1) is 11.2 Å². The van der Waals surface area contributed by atoms with Crippen LogP contribution in [-0.4, -0.2) is 91.3 Å². The van der Waals surface area contributed by atoms with E-state index in [1.165, 1.54) is 6.07 Å². The number of halogens is 2. The second kappa shape index (κ2) is 9.98. The van der Waals surface area contributed by atoms with Gasteiger partial charge in [-0.05, 0) is 47.3 Å². The Morgan fingerprint density at radius 1 is 1.27 bits per heavy atom.